The zero-order valence-corrected chi connectivity index (χ0v) is 34.3. The number of halogens is 2. The molecule has 6 heterocycles. The Balaban J connectivity index is 0.768. The van der Waals surface area contributed by atoms with Gasteiger partial charge in [-0.05, 0) is 69.1 Å². The first-order chi connectivity index (χ1) is 29.6. The average Bonchev–Trinajstić information content (AvgIpc) is 3.96. The number of piperidine rings is 1. The topological polar surface area (TPSA) is 185 Å². The van der Waals surface area contributed by atoms with Crippen LogP contribution in [-0.4, -0.2) is 97.2 Å². The maximum atomic E-state index is 14.2. The lowest BCUT2D eigenvalue weighted by molar-refractivity contribution is -0.136. The molecule has 0 radical (unpaired) electrons. The van der Waals surface area contributed by atoms with Crippen LogP contribution in [0.2, 0.25) is 0 Å². The number of carbonyl (C=O) groups excluding carboxylic acids is 5. The Labute approximate surface area is 351 Å². The summed E-state index contributed by atoms with van der Waals surface area (Å²) >= 11 is 0. The number of benzene rings is 1. The highest BCUT2D eigenvalue weighted by atomic mass is 19.3. The highest BCUT2D eigenvalue weighted by molar-refractivity contribution is 6.25. The monoisotopic (exact) mass is 842 g/mol. The predicted octanol–water partition coefficient (Wildman–Crippen LogP) is 6.32. The molecule has 18 heteroatoms. The molecule has 8 rings (SSSR count). The Morgan fingerprint density at radius 3 is 2.57 bits per heavy atom. The smallest absolute Gasteiger partial charge is 0.284 e. The Kier molecular flexibility index (Phi) is 12.7. The van der Waals surface area contributed by atoms with Gasteiger partial charge in [0, 0.05) is 37.6 Å². The van der Waals surface area contributed by atoms with E-state index in [9.17, 15) is 32.8 Å². The molecule has 16 nitrogen and oxygen atoms in total. The van der Waals surface area contributed by atoms with E-state index < -0.39 is 47.7 Å². The first-order valence-corrected chi connectivity index (χ1v) is 21.6. The molecular weight excluding hydrogens is 791 g/mol. The lowest BCUT2D eigenvalue weighted by Crippen LogP contribution is -2.54. The van der Waals surface area contributed by atoms with Gasteiger partial charge in [0.15, 0.2) is 11.3 Å². The van der Waals surface area contributed by atoms with Gasteiger partial charge < -0.3 is 20.3 Å². The van der Waals surface area contributed by atoms with Gasteiger partial charge >= 0.3 is 0 Å². The fraction of sp³-hybridized carbons (Fsp3) is 0.535. The number of anilines is 3. The van der Waals surface area contributed by atoms with Gasteiger partial charge in [-0.2, -0.15) is 10.2 Å². The molecule has 2 saturated heterocycles. The number of rotatable bonds is 16. The van der Waals surface area contributed by atoms with Crippen LogP contribution in [0.15, 0.2) is 42.9 Å². The predicted molar refractivity (Wildman–Crippen MR) is 221 cm³/mol. The number of nitrogens with one attached hydrogen (secondary N) is 3. The summed E-state index contributed by atoms with van der Waals surface area (Å²) in [6.45, 7) is 4.55. The van der Waals surface area contributed by atoms with Crippen molar-refractivity contribution in [3.05, 3.63) is 65.2 Å². The van der Waals surface area contributed by atoms with Gasteiger partial charge in [0.25, 0.3) is 24.1 Å². The molecule has 3 aliphatic heterocycles. The van der Waals surface area contributed by atoms with Crippen LogP contribution in [0.1, 0.15) is 140 Å². The number of fused-ring (bicyclic) bond motifs is 2. The van der Waals surface area contributed by atoms with Crippen LogP contribution in [-0.2, 0) is 14.3 Å². The normalized spacial score (nSPS) is 22.0. The number of ether oxygens (including phenoxy) is 1. The second-order valence-corrected chi connectivity index (χ2v) is 16.4. The number of imide groups is 2. The number of aromatic nitrogens is 5. The van der Waals surface area contributed by atoms with E-state index in [1.165, 1.54) is 16.9 Å². The van der Waals surface area contributed by atoms with E-state index in [0.29, 0.717) is 49.4 Å². The summed E-state index contributed by atoms with van der Waals surface area (Å²) in [7, 11) is 0. The number of carbonyl (C=O) groups is 5. The van der Waals surface area contributed by atoms with Crippen LogP contribution in [0, 0.1) is 5.92 Å². The molecule has 61 heavy (non-hydrogen) atoms. The van der Waals surface area contributed by atoms with Gasteiger partial charge in [-0.3, -0.25) is 38.9 Å². The lowest BCUT2D eigenvalue weighted by atomic mass is 9.83. The lowest BCUT2D eigenvalue weighted by Gasteiger charge is -2.35. The molecule has 3 aromatic heterocycles. The molecular formula is C43H52F2N10O6. The number of unbranched alkanes of at least 4 members (excludes halogenated alkanes) is 4. The number of hydrogen-bond donors (Lipinski definition) is 3. The summed E-state index contributed by atoms with van der Waals surface area (Å²) < 4.78 is 37.2. The minimum Gasteiger partial charge on any atom is -0.384 e. The second kappa shape index (κ2) is 18.5. The SMILES string of the molecule is CC[C@@H]1COCCN1c1ccn2ncc(C(=O)Nc3cn(C4CCC(CCCCCCCNc5cccc6c5C(=O)N(C5CCC(=O)NC5=O)C6=O)CC4)nc3C(F)F)c2n1. The third kappa shape index (κ3) is 8.85. The Morgan fingerprint density at radius 1 is 0.984 bits per heavy atom. The standard InChI is InChI=1S/C43H52F2N10O6/c1-2-27-25-61-22-21-52(27)34-18-20-53-39(49-34)30(23-47-53)40(57)48-32-24-54(51-37(32)38(44)45)28-14-12-26(13-15-28)9-6-4-3-5-7-19-46-31-11-8-10-29-36(31)43(60)55(42(29)59)33-16-17-35(56)50-41(33)58/h8,10-11,18,20,23-24,26-28,33,38,46H,2-7,9,12-17,19,21-22,25H2,1H3,(H,48,57)(H,50,56,58)/t26?,27-,28?,33?/m1/s1. The zero-order valence-electron chi connectivity index (χ0n) is 34.3. The molecule has 5 amide bonds. The molecule has 4 aliphatic rings. The van der Waals surface area contributed by atoms with Crippen LogP contribution in [0.3, 0.4) is 0 Å². The summed E-state index contributed by atoms with van der Waals surface area (Å²) in [4.78, 5) is 71.9. The number of nitrogens with zero attached hydrogens (tertiary/aromatic N) is 7. The Bertz CT molecular complexity index is 2290. The van der Waals surface area contributed by atoms with E-state index in [0.717, 1.165) is 75.5 Å². The fourth-order valence-corrected chi connectivity index (χ4v) is 9.19. The maximum Gasteiger partial charge on any atom is 0.284 e. The highest BCUT2D eigenvalue weighted by Gasteiger charge is 2.45. The summed E-state index contributed by atoms with van der Waals surface area (Å²) in [5.41, 5.74) is 1.13. The molecule has 1 aromatic carbocycles. The van der Waals surface area contributed by atoms with Crippen molar-refractivity contribution in [3.63, 3.8) is 0 Å². The maximum absolute atomic E-state index is 14.2. The van der Waals surface area contributed by atoms with Crippen LogP contribution in [0.25, 0.3) is 5.65 Å². The third-order valence-corrected chi connectivity index (χ3v) is 12.6. The average molecular weight is 843 g/mol. The van der Waals surface area contributed by atoms with Crippen LogP contribution >= 0.6 is 0 Å². The van der Waals surface area contributed by atoms with E-state index >= 15 is 0 Å². The van der Waals surface area contributed by atoms with Crippen molar-refractivity contribution in [3.8, 4) is 0 Å². The molecule has 0 spiro atoms. The Hall–Kier alpha value is -5.78. The van der Waals surface area contributed by atoms with Crippen molar-refractivity contribution in [2.24, 2.45) is 5.92 Å². The van der Waals surface area contributed by atoms with E-state index in [1.54, 1.807) is 29.1 Å². The van der Waals surface area contributed by atoms with Gasteiger partial charge in [-0.25, -0.2) is 18.3 Å². The third-order valence-electron chi connectivity index (χ3n) is 12.6. The van der Waals surface area contributed by atoms with Gasteiger partial charge in [0.2, 0.25) is 11.8 Å². The number of morpholine rings is 1. The van der Waals surface area contributed by atoms with Crippen molar-refractivity contribution in [1.82, 2.24) is 34.6 Å². The van der Waals surface area contributed by atoms with Gasteiger partial charge in [0.1, 0.15) is 17.4 Å². The summed E-state index contributed by atoms with van der Waals surface area (Å²) in [5, 5.41) is 16.8. The molecule has 0 bridgehead atoms. The fourth-order valence-electron chi connectivity index (χ4n) is 9.19. The first kappa shape index (κ1) is 41.9. The minimum atomic E-state index is -2.86. The van der Waals surface area contributed by atoms with Crippen molar-refractivity contribution >= 4 is 52.4 Å². The van der Waals surface area contributed by atoms with E-state index in [-0.39, 0.29) is 47.3 Å². The largest absolute Gasteiger partial charge is 0.384 e. The van der Waals surface area contributed by atoms with Crippen molar-refractivity contribution in [2.45, 2.75) is 115 Å². The molecule has 3 fully saturated rings. The second-order valence-electron chi connectivity index (χ2n) is 16.4. The molecule has 4 aromatic rings. The summed E-state index contributed by atoms with van der Waals surface area (Å²) in [6, 6.07) is 6.04. The summed E-state index contributed by atoms with van der Waals surface area (Å²) in [5.74, 6) is -1.41. The van der Waals surface area contributed by atoms with Crippen LogP contribution in [0.4, 0.5) is 26.0 Å². The van der Waals surface area contributed by atoms with Crippen LogP contribution < -0.4 is 20.9 Å². The van der Waals surface area contributed by atoms with E-state index in [1.807, 2.05) is 6.07 Å². The summed E-state index contributed by atoms with van der Waals surface area (Å²) in [6.07, 6.45) is 12.7. The van der Waals surface area contributed by atoms with Gasteiger partial charge in [-0.1, -0.05) is 45.1 Å². The van der Waals surface area contributed by atoms with Gasteiger partial charge in [-0.15, -0.1) is 0 Å². The van der Waals surface area contributed by atoms with E-state index in [2.05, 4.69) is 38.0 Å². The zero-order chi connectivity index (χ0) is 42.6. The van der Waals surface area contributed by atoms with Crippen molar-refractivity contribution in [1.29, 1.82) is 0 Å². The molecule has 324 valence electrons. The van der Waals surface area contributed by atoms with Crippen molar-refractivity contribution in [2.75, 3.05) is 41.8 Å². The molecule has 1 aliphatic carbocycles. The molecule has 3 N–H and O–H groups in total. The first-order valence-electron chi connectivity index (χ1n) is 21.6. The quantitative estimate of drug-likeness (QED) is 0.0848. The molecule has 1 unspecified atom stereocenters. The molecule has 1 saturated carbocycles. The van der Waals surface area contributed by atoms with Gasteiger partial charge in [0.05, 0.1) is 48.3 Å². The van der Waals surface area contributed by atoms with Crippen molar-refractivity contribution < 1.29 is 37.5 Å². The van der Waals surface area contributed by atoms with E-state index in [4.69, 9.17) is 9.72 Å². The van der Waals surface area contributed by atoms with Crippen LogP contribution in [0.5, 0.6) is 0 Å². The number of amides is 5. The highest BCUT2D eigenvalue weighted by Crippen LogP contribution is 2.37. The molecule has 2 atom stereocenters. The Morgan fingerprint density at radius 2 is 1.79 bits per heavy atom. The minimum absolute atomic E-state index is 0.0141. The number of alkyl halides is 2. The number of hydrogen-bond acceptors (Lipinski definition) is 11.